The van der Waals surface area contributed by atoms with Crippen LogP contribution in [0.25, 0.3) is 0 Å². The summed E-state index contributed by atoms with van der Waals surface area (Å²) in [5.74, 6) is 2.09. The maximum atomic E-state index is 11.0. The summed E-state index contributed by atoms with van der Waals surface area (Å²) in [6.07, 6.45) is 6.85. The van der Waals surface area contributed by atoms with Crippen LogP contribution in [0.2, 0.25) is 0 Å². The number of rotatable bonds is 1. The molecule has 10 heavy (non-hydrogen) atoms. The first-order valence-electron chi connectivity index (χ1n) is 3.96. The minimum absolute atomic E-state index is 0.370. The molecule has 0 N–H and O–H groups in total. The molecule has 0 heterocycles. The summed E-state index contributed by atoms with van der Waals surface area (Å²) in [7, 11) is 0. The van der Waals surface area contributed by atoms with Gasteiger partial charge in [0.05, 0.1) is 0 Å². The number of ketones is 1. The monoisotopic (exact) mass is 136 g/mol. The molecule has 2 bridgehead atoms. The molecule has 2 rings (SSSR count). The predicted octanol–water partition coefficient (Wildman–Crippen LogP) is 1.79. The average molecular weight is 136 g/mol. The molecule has 1 heteroatoms. The van der Waals surface area contributed by atoms with Gasteiger partial charge in [0, 0.05) is 5.92 Å². The van der Waals surface area contributed by atoms with Gasteiger partial charge in [-0.1, -0.05) is 12.2 Å². The van der Waals surface area contributed by atoms with Gasteiger partial charge in [0.25, 0.3) is 0 Å². The van der Waals surface area contributed by atoms with Crippen molar-refractivity contribution in [2.75, 3.05) is 0 Å². The molecule has 0 aromatic carbocycles. The molecule has 2 aliphatic rings. The fourth-order valence-corrected chi connectivity index (χ4v) is 2.25. The maximum absolute atomic E-state index is 11.0. The zero-order chi connectivity index (χ0) is 7.14. The Morgan fingerprint density at radius 1 is 1.40 bits per heavy atom. The molecule has 3 atom stereocenters. The van der Waals surface area contributed by atoms with E-state index < -0.39 is 0 Å². The smallest absolute Gasteiger partial charge is 0.133 e. The summed E-state index contributed by atoms with van der Waals surface area (Å²) in [6, 6.07) is 0. The summed E-state index contributed by atoms with van der Waals surface area (Å²) in [5, 5.41) is 0. The van der Waals surface area contributed by atoms with Crippen molar-refractivity contribution in [1.29, 1.82) is 0 Å². The molecule has 1 saturated carbocycles. The molecule has 0 radical (unpaired) electrons. The Balaban J connectivity index is 2.16. The second kappa shape index (κ2) is 1.94. The zero-order valence-corrected chi connectivity index (χ0v) is 6.21. The highest BCUT2D eigenvalue weighted by Gasteiger charge is 2.37. The first-order valence-corrected chi connectivity index (χ1v) is 3.96. The van der Waals surface area contributed by atoms with E-state index in [-0.39, 0.29) is 0 Å². The number of Topliss-reactive ketones (excluding diaryl/α,β-unsaturated/α-hetero) is 1. The van der Waals surface area contributed by atoms with Crippen LogP contribution in [0.3, 0.4) is 0 Å². The van der Waals surface area contributed by atoms with E-state index in [1.165, 1.54) is 6.42 Å². The van der Waals surface area contributed by atoms with Gasteiger partial charge in [-0.05, 0) is 31.6 Å². The summed E-state index contributed by atoms with van der Waals surface area (Å²) in [5.41, 5.74) is 0. The van der Waals surface area contributed by atoms with Gasteiger partial charge in [-0.15, -0.1) is 0 Å². The van der Waals surface area contributed by atoms with Crippen molar-refractivity contribution in [2.24, 2.45) is 17.8 Å². The van der Waals surface area contributed by atoms with E-state index in [0.717, 1.165) is 12.3 Å². The van der Waals surface area contributed by atoms with Crippen molar-refractivity contribution in [3.8, 4) is 0 Å². The number of hydrogen-bond donors (Lipinski definition) is 0. The Hall–Kier alpha value is -0.590. The lowest BCUT2D eigenvalue weighted by Crippen LogP contribution is -2.15. The van der Waals surface area contributed by atoms with Crippen LogP contribution >= 0.6 is 0 Å². The quantitative estimate of drug-likeness (QED) is 0.502. The fourth-order valence-electron chi connectivity index (χ4n) is 2.25. The summed E-state index contributed by atoms with van der Waals surface area (Å²) >= 11 is 0. The Morgan fingerprint density at radius 3 is 2.50 bits per heavy atom. The first-order chi connectivity index (χ1) is 4.77. The lowest BCUT2D eigenvalue weighted by Gasteiger charge is -2.13. The van der Waals surface area contributed by atoms with Crippen LogP contribution in [-0.4, -0.2) is 5.78 Å². The highest BCUT2D eigenvalue weighted by atomic mass is 16.1. The molecule has 54 valence electrons. The van der Waals surface area contributed by atoms with Crippen LogP contribution in [0.4, 0.5) is 0 Å². The van der Waals surface area contributed by atoms with E-state index in [1.54, 1.807) is 6.92 Å². The molecular weight excluding hydrogens is 124 g/mol. The number of hydrogen-bond acceptors (Lipinski definition) is 1. The average Bonchev–Trinajstić information content (AvgIpc) is 2.44. The Bertz CT molecular complexity index is 193. The maximum Gasteiger partial charge on any atom is 0.133 e. The standard InChI is InChI=1S/C9H12O/c1-6(10)9-5-7-2-3-8(9)4-7/h2-3,7-9H,4-5H2,1H3/t7-,8?,9?/m0/s1. The third-order valence-corrected chi connectivity index (χ3v) is 2.80. The van der Waals surface area contributed by atoms with Gasteiger partial charge < -0.3 is 0 Å². The fraction of sp³-hybridized carbons (Fsp3) is 0.667. The van der Waals surface area contributed by atoms with Crippen LogP contribution < -0.4 is 0 Å². The van der Waals surface area contributed by atoms with E-state index in [9.17, 15) is 4.79 Å². The number of allylic oxidation sites excluding steroid dienone is 2. The van der Waals surface area contributed by atoms with Crippen molar-refractivity contribution in [3.63, 3.8) is 0 Å². The van der Waals surface area contributed by atoms with E-state index in [1.807, 2.05) is 0 Å². The van der Waals surface area contributed by atoms with Gasteiger partial charge in [-0.3, -0.25) is 4.79 Å². The Labute approximate surface area is 61.1 Å². The third-order valence-electron chi connectivity index (χ3n) is 2.80. The molecule has 1 fully saturated rings. The van der Waals surface area contributed by atoms with E-state index in [2.05, 4.69) is 12.2 Å². The van der Waals surface area contributed by atoms with Crippen molar-refractivity contribution in [3.05, 3.63) is 12.2 Å². The minimum Gasteiger partial charge on any atom is -0.300 e. The summed E-state index contributed by atoms with van der Waals surface area (Å²) in [6.45, 7) is 1.72. The first kappa shape index (κ1) is 6.14. The number of carbonyl (C=O) groups is 1. The summed E-state index contributed by atoms with van der Waals surface area (Å²) in [4.78, 5) is 11.0. The molecule has 1 nitrogen and oxygen atoms in total. The van der Waals surface area contributed by atoms with Crippen molar-refractivity contribution in [2.45, 2.75) is 19.8 Å². The normalized spacial score (nSPS) is 42.7. The van der Waals surface area contributed by atoms with Crippen molar-refractivity contribution < 1.29 is 4.79 Å². The molecule has 2 unspecified atom stereocenters. The molecular formula is C9H12O. The zero-order valence-electron chi connectivity index (χ0n) is 6.21. The molecule has 0 aromatic heterocycles. The third kappa shape index (κ3) is 0.731. The molecule has 0 amide bonds. The number of fused-ring (bicyclic) bond motifs is 2. The number of carbonyl (C=O) groups excluding carboxylic acids is 1. The van der Waals surface area contributed by atoms with Gasteiger partial charge >= 0.3 is 0 Å². The minimum atomic E-state index is 0.370. The van der Waals surface area contributed by atoms with Crippen LogP contribution in [0.1, 0.15) is 19.8 Å². The Kier molecular flexibility index (Phi) is 1.19. The van der Waals surface area contributed by atoms with Gasteiger partial charge in [0.15, 0.2) is 0 Å². The van der Waals surface area contributed by atoms with E-state index in [4.69, 9.17) is 0 Å². The van der Waals surface area contributed by atoms with Gasteiger partial charge in [-0.2, -0.15) is 0 Å². The molecule has 2 aliphatic carbocycles. The second-order valence-electron chi connectivity index (χ2n) is 3.50. The molecule has 0 saturated heterocycles. The largest absolute Gasteiger partial charge is 0.300 e. The Morgan fingerprint density at radius 2 is 2.20 bits per heavy atom. The highest BCUT2D eigenvalue weighted by Crippen LogP contribution is 2.43. The lowest BCUT2D eigenvalue weighted by atomic mass is 9.90. The van der Waals surface area contributed by atoms with Gasteiger partial charge in [0.2, 0.25) is 0 Å². The van der Waals surface area contributed by atoms with Crippen molar-refractivity contribution in [1.82, 2.24) is 0 Å². The van der Waals surface area contributed by atoms with E-state index >= 15 is 0 Å². The van der Waals surface area contributed by atoms with E-state index in [0.29, 0.717) is 17.6 Å². The summed E-state index contributed by atoms with van der Waals surface area (Å²) < 4.78 is 0. The molecule has 0 aromatic rings. The van der Waals surface area contributed by atoms with Crippen LogP contribution in [0, 0.1) is 17.8 Å². The SMILES string of the molecule is CC(=O)C1C[C@H]2C=CC1C2. The molecule has 0 aliphatic heterocycles. The lowest BCUT2D eigenvalue weighted by molar-refractivity contribution is -0.121. The van der Waals surface area contributed by atoms with Crippen LogP contribution in [0.15, 0.2) is 12.2 Å². The highest BCUT2D eigenvalue weighted by molar-refractivity contribution is 5.79. The van der Waals surface area contributed by atoms with Gasteiger partial charge in [0.1, 0.15) is 5.78 Å². The predicted molar refractivity (Wildman–Crippen MR) is 39.5 cm³/mol. The van der Waals surface area contributed by atoms with Crippen LogP contribution in [-0.2, 0) is 4.79 Å². The second-order valence-corrected chi connectivity index (χ2v) is 3.50. The van der Waals surface area contributed by atoms with Gasteiger partial charge in [-0.25, -0.2) is 0 Å². The molecule has 0 spiro atoms. The van der Waals surface area contributed by atoms with Crippen LogP contribution in [0.5, 0.6) is 0 Å². The van der Waals surface area contributed by atoms with Crippen molar-refractivity contribution >= 4 is 5.78 Å². The topological polar surface area (TPSA) is 17.1 Å².